The molecule has 1 unspecified atom stereocenters. The van der Waals surface area contributed by atoms with Crippen LogP contribution < -0.4 is 20.1 Å². The van der Waals surface area contributed by atoms with Gasteiger partial charge in [-0.1, -0.05) is 65.4 Å². The number of amides is 2. The molecule has 35 heavy (non-hydrogen) atoms. The molecule has 7 heteroatoms. The lowest BCUT2D eigenvalue weighted by molar-refractivity contribution is -0.143. The van der Waals surface area contributed by atoms with Gasteiger partial charge in [0.2, 0.25) is 0 Å². The lowest BCUT2D eigenvalue weighted by Crippen LogP contribution is -2.47. The van der Waals surface area contributed by atoms with E-state index < -0.39 is 12.0 Å². The fraction of sp³-hybridized carbons (Fsp3) is 0.643. The van der Waals surface area contributed by atoms with Crippen LogP contribution in [0.4, 0.5) is 4.79 Å². The molecule has 1 aliphatic rings. The Labute approximate surface area is 211 Å². The molecule has 196 valence electrons. The number of urea groups is 1. The van der Waals surface area contributed by atoms with Crippen LogP contribution in [0.3, 0.4) is 0 Å². The fourth-order valence-corrected chi connectivity index (χ4v) is 4.13. The van der Waals surface area contributed by atoms with E-state index in [0.29, 0.717) is 36.0 Å². The summed E-state index contributed by atoms with van der Waals surface area (Å²) >= 11 is 0. The number of allylic oxidation sites excluding steroid dienone is 1. The van der Waals surface area contributed by atoms with Crippen molar-refractivity contribution in [3.8, 4) is 11.5 Å². The molecular formula is C28H44N2O5. The third kappa shape index (κ3) is 8.79. The van der Waals surface area contributed by atoms with Crippen LogP contribution in [-0.4, -0.2) is 31.3 Å². The average molecular weight is 489 g/mol. The van der Waals surface area contributed by atoms with Crippen molar-refractivity contribution in [2.75, 3.05) is 13.2 Å². The minimum atomic E-state index is -0.649. The normalized spacial score (nSPS) is 15.8. The topological polar surface area (TPSA) is 85.9 Å². The maximum absolute atomic E-state index is 13.0. The predicted molar refractivity (Wildman–Crippen MR) is 139 cm³/mol. The molecule has 0 saturated heterocycles. The van der Waals surface area contributed by atoms with E-state index in [9.17, 15) is 9.59 Å². The summed E-state index contributed by atoms with van der Waals surface area (Å²) in [6.45, 7) is 12.7. The molecule has 1 aliphatic heterocycles. The molecule has 0 fully saturated rings. The lowest BCUT2D eigenvalue weighted by Gasteiger charge is -2.31. The van der Waals surface area contributed by atoms with Gasteiger partial charge in [-0.25, -0.2) is 9.59 Å². The third-order valence-electron chi connectivity index (χ3n) is 5.85. The molecule has 0 aliphatic carbocycles. The zero-order chi connectivity index (χ0) is 25.8. The van der Waals surface area contributed by atoms with Crippen LogP contribution in [0.25, 0.3) is 0 Å². The summed E-state index contributed by atoms with van der Waals surface area (Å²) in [5, 5.41) is 5.69. The van der Waals surface area contributed by atoms with Gasteiger partial charge in [0.1, 0.15) is 0 Å². The second-order valence-electron chi connectivity index (χ2n) is 9.58. The Morgan fingerprint density at radius 3 is 2.26 bits per heavy atom. The summed E-state index contributed by atoms with van der Waals surface area (Å²) in [6, 6.07) is 4.58. The van der Waals surface area contributed by atoms with Gasteiger partial charge in [0.15, 0.2) is 11.5 Å². The minimum Gasteiger partial charge on any atom is -0.490 e. The molecule has 1 atom stereocenters. The van der Waals surface area contributed by atoms with E-state index in [2.05, 4.69) is 17.6 Å². The highest BCUT2D eigenvalue weighted by atomic mass is 16.5. The molecule has 2 amide bonds. The summed E-state index contributed by atoms with van der Waals surface area (Å²) in [5.41, 5.74) is 1.72. The summed E-state index contributed by atoms with van der Waals surface area (Å²) in [4.78, 5) is 25.5. The highest BCUT2D eigenvalue weighted by molar-refractivity contribution is 5.95. The second-order valence-corrected chi connectivity index (χ2v) is 9.58. The summed E-state index contributed by atoms with van der Waals surface area (Å²) in [7, 11) is 0. The Morgan fingerprint density at radius 1 is 0.943 bits per heavy atom. The monoisotopic (exact) mass is 488 g/mol. The number of carbonyl (C=O) groups is 2. The largest absolute Gasteiger partial charge is 0.490 e. The summed E-state index contributed by atoms with van der Waals surface area (Å²) in [5.74, 6) is 0.761. The van der Waals surface area contributed by atoms with Crippen LogP contribution in [0, 0.1) is 5.92 Å². The number of unbranched alkanes of at least 4 members (excludes halogenated alkanes) is 6. The van der Waals surface area contributed by atoms with Crippen molar-refractivity contribution in [1.29, 1.82) is 0 Å². The number of benzene rings is 1. The molecule has 2 N–H and O–H groups in total. The zero-order valence-electron chi connectivity index (χ0n) is 22.4. The SMILES string of the molecule is CCCCCCCCCOc1ccc(C2NC(=O)NC(C(C)C)=C2C(=O)OC(C)C)cc1OCC. The fourth-order valence-electron chi connectivity index (χ4n) is 4.13. The van der Waals surface area contributed by atoms with Crippen molar-refractivity contribution < 1.29 is 23.8 Å². The van der Waals surface area contributed by atoms with Crippen LogP contribution in [-0.2, 0) is 9.53 Å². The van der Waals surface area contributed by atoms with Gasteiger partial charge in [0, 0.05) is 5.70 Å². The van der Waals surface area contributed by atoms with Crippen molar-refractivity contribution in [1.82, 2.24) is 10.6 Å². The van der Waals surface area contributed by atoms with Crippen molar-refractivity contribution >= 4 is 12.0 Å². The van der Waals surface area contributed by atoms with Crippen molar-refractivity contribution in [3.63, 3.8) is 0 Å². The number of hydrogen-bond donors (Lipinski definition) is 2. The number of carbonyl (C=O) groups excluding carboxylic acids is 2. The van der Waals surface area contributed by atoms with Crippen LogP contribution in [0.15, 0.2) is 29.5 Å². The van der Waals surface area contributed by atoms with Gasteiger partial charge >= 0.3 is 12.0 Å². The second kappa shape index (κ2) is 14.6. The lowest BCUT2D eigenvalue weighted by atomic mass is 9.91. The minimum absolute atomic E-state index is 0.0609. The van der Waals surface area contributed by atoms with Crippen molar-refractivity contribution in [2.45, 2.75) is 98.6 Å². The van der Waals surface area contributed by atoms with E-state index in [-0.39, 0.29) is 18.1 Å². The van der Waals surface area contributed by atoms with Crippen LogP contribution in [0.2, 0.25) is 0 Å². The zero-order valence-corrected chi connectivity index (χ0v) is 22.4. The van der Waals surface area contributed by atoms with E-state index in [4.69, 9.17) is 14.2 Å². The standard InChI is InChI=1S/C28H44N2O5/c1-7-9-10-11-12-13-14-17-34-22-16-15-21(18-23(22)33-8-2)26-24(27(31)35-20(5)6)25(19(3)4)29-28(32)30-26/h15-16,18-20,26H,7-14,17H2,1-6H3,(H2,29,30,32). The summed E-state index contributed by atoms with van der Waals surface area (Å²) in [6.07, 6.45) is 8.26. The van der Waals surface area contributed by atoms with Crippen LogP contribution in [0.5, 0.6) is 11.5 Å². The first-order valence-corrected chi connectivity index (χ1v) is 13.2. The Hall–Kier alpha value is -2.70. The Morgan fingerprint density at radius 2 is 1.63 bits per heavy atom. The molecule has 1 aromatic rings. The number of nitrogens with one attached hydrogen (secondary N) is 2. The highest BCUT2D eigenvalue weighted by Crippen LogP contribution is 2.36. The molecule has 0 spiro atoms. The molecule has 0 saturated carbocycles. The molecule has 2 rings (SSSR count). The Balaban J connectivity index is 2.21. The van der Waals surface area contributed by atoms with Crippen LogP contribution in [0.1, 0.15) is 98.1 Å². The van der Waals surface area contributed by atoms with Gasteiger partial charge in [-0.15, -0.1) is 0 Å². The third-order valence-corrected chi connectivity index (χ3v) is 5.85. The molecule has 0 radical (unpaired) electrons. The molecule has 7 nitrogen and oxygen atoms in total. The number of rotatable bonds is 15. The van der Waals surface area contributed by atoms with Gasteiger partial charge in [-0.2, -0.15) is 0 Å². The molecule has 1 aromatic carbocycles. The van der Waals surface area contributed by atoms with E-state index in [1.807, 2.05) is 52.8 Å². The van der Waals surface area contributed by atoms with Gasteiger partial charge in [0.25, 0.3) is 0 Å². The molecule has 0 aromatic heterocycles. The summed E-state index contributed by atoms with van der Waals surface area (Å²) < 4.78 is 17.4. The first-order valence-electron chi connectivity index (χ1n) is 13.2. The molecule has 1 heterocycles. The van der Waals surface area contributed by atoms with E-state index in [1.165, 1.54) is 32.1 Å². The van der Waals surface area contributed by atoms with Crippen molar-refractivity contribution in [2.24, 2.45) is 5.92 Å². The molecular weight excluding hydrogens is 444 g/mol. The number of esters is 1. The van der Waals surface area contributed by atoms with Gasteiger partial charge in [-0.05, 0) is 50.8 Å². The van der Waals surface area contributed by atoms with E-state index in [0.717, 1.165) is 18.4 Å². The highest BCUT2D eigenvalue weighted by Gasteiger charge is 2.35. The Kier molecular flexibility index (Phi) is 11.9. The Bertz CT molecular complexity index is 863. The predicted octanol–water partition coefficient (Wildman–Crippen LogP) is 6.43. The first kappa shape index (κ1) is 28.5. The number of ether oxygens (including phenoxy) is 3. The molecule has 0 bridgehead atoms. The smallest absolute Gasteiger partial charge is 0.338 e. The first-order chi connectivity index (χ1) is 16.8. The quantitative estimate of drug-likeness (QED) is 0.219. The van der Waals surface area contributed by atoms with Gasteiger partial charge < -0.3 is 24.8 Å². The van der Waals surface area contributed by atoms with Crippen LogP contribution >= 0.6 is 0 Å². The van der Waals surface area contributed by atoms with E-state index in [1.54, 1.807) is 0 Å². The maximum Gasteiger partial charge on any atom is 0.338 e. The average Bonchev–Trinajstić information content (AvgIpc) is 2.80. The van der Waals surface area contributed by atoms with Gasteiger partial charge in [0.05, 0.1) is 30.9 Å². The van der Waals surface area contributed by atoms with E-state index >= 15 is 0 Å². The van der Waals surface area contributed by atoms with Gasteiger partial charge in [-0.3, -0.25) is 0 Å². The van der Waals surface area contributed by atoms with Crippen molar-refractivity contribution in [3.05, 3.63) is 35.0 Å². The number of hydrogen-bond acceptors (Lipinski definition) is 5. The maximum atomic E-state index is 13.0.